The molecule has 0 saturated carbocycles. The number of carbonyl (C=O) groups excluding carboxylic acids is 1. The lowest BCUT2D eigenvalue weighted by Crippen LogP contribution is -2.24. The topological polar surface area (TPSA) is 87.3 Å². The molecular weight excluding hydrogens is 392 g/mol. The summed E-state index contributed by atoms with van der Waals surface area (Å²) in [4.78, 5) is 26.8. The molecule has 1 unspecified atom stereocenters. The van der Waals surface area contributed by atoms with E-state index in [1.807, 2.05) is 42.5 Å². The molecule has 31 heavy (non-hydrogen) atoms. The number of fused-ring (bicyclic) bond motifs is 1. The third kappa shape index (κ3) is 5.18. The molecule has 0 radical (unpaired) electrons. The summed E-state index contributed by atoms with van der Waals surface area (Å²) in [5, 5.41) is 11.2. The maximum absolute atomic E-state index is 12.4. The molecule has 1 aromatic heterocycles. The van der Waals surface area contributed by atoms with Crippen LogP contribution in [0.15, 0.2) is 53.3 Å². The molecule has 1 aliphatic rings. The Morgan fingerprint density at radius 1 is 1.19 bits per heavy atom. The number of amides is 1. The number of benzene rings is 2. The maximum Gasteiger partial charge on any atom is 0.272 e. The first-order valence-corrected chi connectivity index (χ1v) is 10.8. The van der Waals surface area contributed by atoms with Crippen LogP contribution in [0, 0.1) is 0 Å². The summed E-state index contributed by atoms with van der Waals surface area (Å²) in [7, 11) is 1.77. The fourth-order valence-electron chi connectivity index (χ4n) is 4.12. The SMILES string of the molecule is COC1CCN(CCCCC(=O)Nc2cccc(-c3n[nH]c(=O)c4ccccc34)c2)C1. The molecule has 1 aliphatic heterocycles. The average molecular weight is 421 g/mol. The van der Waals surface area contributed by atoms with E-state index in [1.54, 1.807) is 13.2 Å². The van der Waals surface area contributed by atoms with Crippen molar-refractivity contribution < 1.29 is 9.53 Å². The van der Waals surface area contributed by atoms with E-state index in [0.29, 0.717) is 23.6 Å². The number of hydrogen-bond acceptors (Lipinski definition) is 5. The van der Waals surface area contributed by atoms with Crippen molar-refractivity contribution in [2.45, 2.75) is 31.8 Å². The summed E-state index contributed by atoms with van der Waals surface area (Å²) in [6, 6.07) is 14.9. The number of nitrogens with zero attached hydrogens (tertiary/aromatic N) is 2. The molecule has 0 aliphatic carbocycles. The van der Waals surface area contributed by atoms with Gasteiger partial charge in [-0.1, -0.05) is 30.3 Å². The first-order valence-electron chi connectivity index (χ1n) is 10.8. The molecule has 4 rings (SSSR count). The van der Waals surface area contributed by atoms with Gasteiger partial charge in [0.05, 0.1) is 17.2 Å². The molecule has 1 atom stereocenters. The second-order valence-electron chi connectivity index (χ2n) is 7.98. The van der Waals surface area contributed by atoms with E-state index >= 15 is 0 Å². The highest BCUT2D eigenvalue weighted by Gasteiger charge is 2.21. The number of rotatable bonds is 8. The zero-order chi connectivity index (χ0) is 21.6. The van der Waals surface area contributed by atoms with Crippen molar-refractivity contribution in [3.05, 3.63) is 58.9 Å². The van der Waals surface area contributed by atoms with Gasteiger partial charge in [0, 0.05) is 43.3 Å². The van der Waals surface area contributed by atoms with E-state index in [4.69, 9.17) is 4.74 Å². The smallest absolute Gasteiger partial charge is 0.272 e. The van der Waals surface area contributed by atoms with Gasteiger partial charge in [-0.3, -0.25) is 9.59 Å². The lowest BCUT2D eigenvalue weighted by Gasteiger charge is -2.15. The number of ether oxygens (including phenoxy) is 1. The summed E-state index contributed by atoms with van der Waals surface area (Å²) < 4.78 is 5.40. The normalized spacial score (nSPS) is 16.6. The highest BCUT2D eigenvalue weighted by Crippen LogP contribution is 2.26. The molecule has 0 spiro atoms. The van der Waals surface area contributed by atoms with Gasteiger partial charge in [0.2, 0.25) is 5.91 Å². The third-order valence-corrected chi connectivity index (χ3v) is 5.81. The van der Waals surface area contributed by atoms with Gasteiger partial charge in [0.15, 0.2) is 0 Å². The van der Waals surface area contributed by atoms with Gasteiger partial charge in [0.1, 0.15) is 0 Å². The van der Waals surface area contributed by atoms with Crippen LogP contribution >= 0.6 is 0 Å². The number of likely N-dealkylation sites (tertiary alicyclic amines) is 1. The molecule has 0 bridgehead atoms. The molecule has 2 heterocycles. The van der Waals surface area contributed by atoms with E-state index in [9.17, 15) is 9.59 Å². The van der Waals surface area contributed by atoms with E-state index < -0.39 is 0 Å². The van der Waals surface area contributed by atoms with Gasteiger partial charge in [0.25, 0.3) is 5.56 Å². The lowest BCUT2D eigenvalue weighted by molar-refractivity contribution is -0.116. The number of hydrogen-bond donors (Lipinski definition) is 2. The van der Waals surface area contributed by atoms with Crippen LogP contribution in [0.1, 0.15) is 25.7 Å². The van der Waals surface area contributed by atoms with Crippen molar-refractivity contribution in [3.8, 4) is 11.3 Å². The zero-order valence-corrected chi connectivity index (χ0v) is 17.8. The van der Waals surface area contributed by atoms with E-state index in [2.05, 4.69) is 20.4 Å². The Morgan fingerprint density at radius 2 is 2.03 bits per heavy atom. The van der Waals surface area contributed by atoms with Gasteiger partial charge in [-0.25, -0.2) is 5.10 Å². The molecule has 1 saturated heterocycles. The molecular formula is C24H28N4O3. The molecule has 162 valence electrons. The highest BCUT2D eigenvalue weighted by atomic mass is 16.5. The minimum atomic E-state index is -0.213. The summed E-state index contributed by atoms with van der Waals surface area (Å²) in [6.07, 6.45) is 3.78. The van der Waals surface area contributed by atoms with Crippen molar-refractivity contribution in [3.63, 3.8) is 0 Å². The Kier molecular flexibility index (Phi) is 6.74. The molecule has 2 aromatic carbocycles. The van der Waals surface area contributed by atoms with Gasteiger partial charge < -0.3 is 15.0 Å². The molecule has 1 amide bonds. The van der Waals surface area contributed by atoms with Crippen LogP contribution in [0.25, 0.3) is 22.0 Å². The fourth-order valence-corrected chi connectivity index (χ4v) is 4.12. The number of H-pyrrole nitrogens is 1. The van der Waals surface area contributed by atoms with Crippen LogP contribution in [0.4, 0.5) is 5.69 Å². The number of unbranched alkanes of at least 4 members (excludes halogenated alkanes) is 1. The summed E-state index contributed by atoms with van der Waals surface area (Å²) in [5.74, 6) is 0.00706. The summed E-state index contributed by atoms with van der Waals surface area (Å²) in [6.45, 7) is 3.07. The average Bonchev–Trinajstić information content (AvgIpc) is 3.25. The van der Waals surface area contributed by atoms with E-state index in [1.165, 1.54) is 0 Å². The number of aromatic amines is 1. The molecule has 7 heteroatoms. The van der Waals surface area contributed by atoms with Gasteiger partial charge in [-0.2, -0.15) is 5.10 Å². The number of nitrogens with one attached hydrogen (secondary N) is 2. The summed E-state index contributed by atoms with van der Waals surface area (Å²) >= 11 is 0. The predicted molar refractivity (Wildman–Crippen MR) is 122 cm³/mol. The number of aromatic nitrogens is 2. The quantitative estimate of drug-likeness (QED) is 0.545. The largest absolute Gasteiger partial charge is 0.380 e. The summed E-state index contributed by atoms with van der Waals surface area (Å²) in [5.41, 5.74) is 2.04. The molecule has 7 nitrogen and oxygen atoms in total. The first-order chi connectivity index (χ1) is 15.1. The van der Waals surface area contributed by atoms with E-state index in [-0.39, 0.29) is 11.5 Å². The molecule has 3 aromatic rings. The third-order valence-electron chi connectivity index (χ3n) is 5.81. The number of carbonyl (C=O) groups is 1. The first kappa shape index (κ1) is 21.2. The predicted octanol–water partition coefficient (Wildman–Crippen LogP) is 3.42. The van der Waals surface area contributed by atoms with Crippen LogP contribution in [0.3, 0.4) is 0 Å². The fraction of sp³-hybridized carbons (Fsp3) is 0.375. The van der Waals surface area contributed by atoms with Crippen molar-refractivity contribution >= 4 is 22.4 Å². The Morgan fingerprint density at radius 3 is 2.84 bits per heavy atom. The standard InChI is InChI=1S/C24H28N4O3/c1-31-19-12-14-28(16-19)13-5-4-11-22(29)25-18-8-6-7-17(15-18)23-20-9-2-3-10-21(20)24(30)27-26-23/h2-3,6-10,15,19H,4-5,11-14,16H2,1H3,(H,25,29)(H,27,30). The minimum Gasteiger partial charge on any atom is -0.380 e. The van der Waals surface area contributed by atoms with Crippen LogP contribution in [0.2, 0.25) is 0 Å². The van der Waals surface area contributed by atoms with Gasteiger partial charge in [-0.15, -0.1) is 0 Å². The van der Waals surface area contributed by atoms with Crippen LogP contribution < -0.4 is 10.9 Å². The second kappa shape index (κ2) is 9.85. The second-order valence-corrected chi connectivity index (χ2v) is 7.98. The minimum absolute atomic E-state index is 0.00706. The highest BCUT2D eigenvalue weighted by molar-refractivity contribution is 5.95. The Hall–Kier alpha value is -3.03. The Balaban J connectivity index is 1.34. The van der Waals surface area contributed by atoms with Crippen LogP contribution in [-0.2, 0) is 9.53 Å². The van der Waals surface area contributed by atoms with Crippen molar-refractivity contribution in [2.75, 3.05) is 32.1 Å². The van der Waals surface area contributed by atoms with Crippen molar-refractivity contribution in [1.82, 2.24) is 15.1 Å². The molecule has 2 N–H and O–H groups in total. The van der Waals surface area contributed by atoms with Crippen molar-refractivity contribution in [2.24, 2.45) is 0 Å². The van der Waals surface area contributed by atoms with Crippen LogP contribution in [0.5, 0.6) is 0 Å². The number of methoxy groups -OCH3 is 1. The van der Waals surface area contributed by atoms with Gasteiger partial charge >= 0.3 is 0 Å². The monoisotopic (exact) mass is 420 g/mol. The van der Waals surface area contributed by atoms with E-state index in [0.717, 1.165) is 55.5 Å². The van der Waals surface area contributed by atoms with Crippen LogP contribution in [-0.4, -0.2) is 53.9 Å². The van der Waals surface area contributed by atoms with Crippen molar-refractivity contribution in [1.29, 1.82) is 0 Å². The lowest BCUT2D eigenvalue weighted by atomic mass is 10.0. The Bertz CT molecular complexity index is 1110. The number of anilines is 1. The van der Waals surface area contributed by atoms with Gasteiger partial charge in [-0.05, 0) is 44.0 Å². The Labute approximate surface area is 181 Å². The maximum atomic E-state index is 12.4. The molecule has 1 fully saturated rings. The zero-order valence-electron chi connectivity index (χ0n) is 17.8.